The molecule has 0 unspecified atom stereocenters. The lowest BCUT2D eigenvalue weighted by Crippen LogP contribution is -2.39. The van der Waals surface area contributed by atoms with Crippen molar-refractivity contribution in [3.63, 3.8) is 0 Å². The summed E-state index contributed by atoms with van der Waals surface area (Å²) in [4.78, 5) is 19.2. The van der Waals surface area contributed by atoms with Gasteiger partial charge in [-0.05, 0) is 44.4 Å². The van der Waals surface area contributed by atoms with Gasteiger partial charge in [-0.1, -0.05) is 32.6 Å². The molecule has 1 saturated carbocycles. The number of nitrogens with zero attached hydrogens (tertiary/aromatic N) is 3. The maximum Gasteiger partial charge on any atom is 0.222 e. The van der Waals surface area contributed by atoms with Gasteiger partial charge in [0.2, 0.25) is 5.91 Å². The fourth-order valence-electron chi connectivity index (χ4n) is 4.63. The van der Waals surface area contributed by atoms with Crippen molar-refractivity contribution in [2.45, 2.75) is 84.6 Å². The summed E-state index contributed by atoms with van der Waals surface area (Å²) in [5.41, 5.74) is 1.27. The number of hydrogen-bond acceptors (Lipinski definition) is 2. The van der Waals surface area contributed by atoms with Crippen LogP contribution in [0, 0.1) is 18.8 Å². The van der Waals surface area contributed by atoms with Crippen molar-refractivity contribution in [2.24, 2.45) is 11.8 Å². The van der Waals surface area contributed by atoms with Crippen LogP contribution in [-0.4, -0.2) is 33.4 Å². The van der Waals surface area contributed by atoms with Crippen LogP contribution < -0.4 is 0 Å². The first kappa shape index (κ1) is 18.5. The first-order valence-corrected chi connectivity index (χ1v) is 10.5. The molecule has 1 aromatic heterocycles. The van der Waals surface area contributed by atoms with Gasteiger partial charge in [0, 0.05) is 44.4 Å². The minimum Gasteiger partial charge on any atom is -0.343 e. The second-order valence-corrected chi connectivity index (χ2v) is 8.18. The zero-order valence-corrected chi connectivity index (χ0v) is 16.2. The van der Waals surface area contributed by atoms with Gasteiger partial charge in [0.1, 0.15) is 5.82 Å². The Labute approximate surface area is 153 Å². The number of rotatable bonds is 7. The van der Waals surface area contributed by atoms with E-state index >= 15 is 0 Å². The molecule has 3 rings (SSSR count). The average Bonchev–Trinajstić information content (AvgIpc) is 3.26. The van der Waals surface area contributed by atoms with E-state index < -0.39 is 0 Å². The fraction of sp³-hybridized carbons (Fsp3) is 0.810. The number of hydrogen-bond donors (Lipinski definition) is 0. The molecule has 1 saturated heterocycles. The molecular formula is C21H35N3O. The van der Waals surface area contributed by atoms with Gasteiger partial charge >= 0.3 is 0 Å². The van der Waals surface area contributed by atoms with Crippen LogP contribution in [-0.2, 0) is 17.8 Å². The van der Waals surface area contributed by atoms with Crippen molar-refractivity contribution in [1.29, 1.82) is 0 Å². The Morgan fingerprint density at radius 1 is 1.16 bits per heavy atom. The van der Waals surface area contributed by atoms with Gasteiger partial charge in [-0.2, -0.15) is 0 Å². The van der Waals surface area contributed by atoms with E-state index in [4.69, 9.17) is 0 Å². The number of imidazole rings is 1. The second-order valence-electron chi connectivity index (χ2n) is 8.18. The van der Waals surface area contributed by atoms with Crippen molar-refractivity contribution >= 4 is 5.91 Å². The standard InChI is InChI=1S/C21H35N3O/c1-3-12-24-17(2)16-22-20(24)15-19-10-13-23(14-11-19)21(25)9-8-18-6-4-5-7-18/h16,18-19H,3-15H2,1-2H3. The van der Waals surface area contributed by atoms with Crippen LogP contribution in [0.5, 0.6) is 0 Å². The minimum atomic E-state index is 0.397. The summed E-state index contributed by atoms with van der Waals surface area (Å²) in [6, 6.07) is 0. The van der Waals surface area contributed by atoms with Crippen LogP contribution >= 0.6 is 0 Å². The van der Waals surface area contributed by atoms with Crippen molar-refractivity contribution in [3.8, 4) is 0 Å². The topological polar surface area (TPSA) is 38.1 Å². The highest BCUT2D eigenvalue weighted by Gasteiger charge is 2.25. The molecule has 2 aliphatic rings. The molecule has 0 atom stereocenters. The molecule has 1 aliphatic heterocycles. The van der Waals surface area contributed by atoms with Gasteiger partial charge in [-0.15, -0.1) is 0 Å². The van der Waals surface area contributed by atoms with Crippen molar-refractivity contribution in [2.75, 3.05) is 13.1 Å². The van der Waals surface area contributed by atoms with Gasteiger partial charge in [-0.3, -0.25) is 4.79 Å². The van der Waals surface area contributed by atoms with Crippen LogP contribution in [0.2, 0.25) is 0 Å². The van der Waals surface area contributed by atoms with E-state index in [0.717, 1.165) is 64.1 Å². The first-order chi connectivity index (χ1) is 12.2. The summed E-state index contributed by atoms with van der Waals surface area (Å²) in [7, 11) is 0. The molecule has 0 spiro atoms. The molecule has 2 fully saturated rings. The summed E-state index contributed by atoms with van der Waals surface area (Å²) in [6.07, 6.45) is 13.8. The molecule has 4 nitrogen and oxygen atoms in total. The van der Waals surface area contributed by atoms with Crippen LogP contribution in [0.4, 0.5) is 0 Å². The van der Waals surface area contributed by atoms with Gasteiger partial charge in [0.15, 0.2) is 0 Å². The monoisotopic (exact) mass is 345 g/mol. The molecule has 0 radical (unpaired) electrons. The van der Waals surface area contributed by atoms with Crippen LogP contribution in [0.1, 0.15) is 76.2 Å². The lowest BCUT2D eigenvalue weighted by molar-refractivity contribution is -0.132. The van der Waals surface area contributed by atoms with E-state index in [-0.39, 0.29) is 0 Å². The normalized spacial score (nSPS) is 19.7. The molecule has 0 bridgehead atoms. The Balaban J connectivity index is 1.43. The lowest BCUT2D eigenvalue weighted by Gasteiger charge is -2.32. The van der Waals surface area contributed by atoms with E-state index in [1.807, 2.05) is 6.20 Å². The van der Waals surface area contributed by atoms with Gasteiger partial charge in [-0.25, -0.2) is 4.98 Å². The lowest BCUT2D eigenvalue weighted by atomic mass is 9.92. The number of carbonyl (C=O) groups excluding carboxylic acids is 1. The van der Waals surface area contributed by atoms with Crippen LogP contribution in [0.15, 0.2) is 6.20 Å². The van der Waals surface area contributed by atoms with Crippen LogP contribution in [0.3, 0.4) is 0 Å². The Bertz CT molecular complexity index is 551. The molecule has 0 aromatic carbocycles. The Morgan fingerprint density at radius 2 is 1.88 bits per heavy atom. The highest BCUT2D eigenvalue weighted by Crippen LogP contribution is 2.29. The molecule has 4 heteroatoms. The Hall–Kier alpha value is -1.32. The maximum absolute atomic E-state index is 12.5. The van der Waals surface area contributed by atoms with E-state index in [1.54, 1.807) is 0 Å². The SMILES string of the molecule is CCCn1c(C)cnc1CC1CCN(C(=O)CCC2CCCC2)CC1. The summed E-state index contributed by atoms with van der Waals surface area (Å²) in [5.74, 6) is 3.14. The summed E-state index contributed by atoms with van der Waals surface area (Å²) < 4.78 is 2.37. The number of likely N-dealkylation sites (tertiary alicyclic amines) is 1. The predicted octanol–water partition coefficient (Wildman–Crippen LogP) is 4.35. The summed E-state index contributed by atoms with van der Waals surface area (Å²) in [5, 5.41) is 0. The minimum absolute atomic E-state index is 0.397. The first-order valence-electron chi connectivity index (χ1n) is 10.5. The smallest absolute Gasteiger partial charge is 0.222 e. The predicted molar refractivity (Wildman–Crippen MR) is 101 cm³/mol. The van der Waals surface area contributed by atoms with Crippen molar-refractivity contribution in [1.82, 2.24) is 14.5 Å². The molecule has 2 heterocycles. The number of aryl methyl sites for hydroxylation is 1. The number of amides is 1. The third-order valence-corrected chi connectivity index (χ3v) is 6.26. The fourth-order valence-corrected chi connectivity index (χ4v) is 4.63. The van der Waals surface area contributed by atoms with E-state index in [0.29, 0.717) is 11.8 Å². The number of carbonyl (C=O) groups is 1. The van der Waals surface area contributed by atoms with Gasteiger partial charge in [0.25, 0.3) is 0 Å². The third kappa shape index (κ3) is 4.86. The Morgan fingerprint density at radius 3 is 2.56 bits per heavy atom. The summed E-state index contributed by atoms with van der Waals surface area (Å²) in [6.45, 7) is 7.33. The second kappa shape index (κ2) is 8.86. The van der Waals surface area contributed by atoms with Crippen molar-refractivity contribution < 1.29 is 4.79 Å². The van der Waals surface area contributed by atoms with Gasteiger partial charge in [0.05, 0.1) is 0 Å². The van der Waals surface area contributed by atoms with Crippen LogP contribution in [0.25, 0.3) is 0 Å². The van der Waals surface area contributed by atoms with E-state index in [9.17, 15) is 4.79 Å². The zero-order valence-electron chi connectivity index (χ0n) is 16.2. The highest BCUT2D eigenvalue weighted by atomic mass is 16.2. The molecular weight excluding hydrogens is 310 g/mol. The molecule has 1 aromatic rings. The Kier molecular flexibility index (Phi) is 6.55. The third-order valence-electron chi connectivity index (χ3n) is 6.26. The van der Waals surface area contributed by atoms with Crippen molar-refractivity contribution in [3.05, 3.63) is 17.7 Å². The quantitative estimate of drug-likeness (QED) is 0.737. The van der Waals surface area contributed by atoms with Gasteiger partial charge < -0.3 is 9.47 Å². The molecule has 1 amide bonds. The molecule has 25 heavy (non-hydrogen) atoms. The molecule has 1 aliphatic carbocycles. The molecule has 0 N–H and O–H groups in total. The largest absolute Gasteiger partial charge is 0.343 e. The average molecular weight is 346 g/mol. The molecule has 140 valence electrons. The maximum atomic E-state index is 12.5. The number of piperidine rings is 1. The van der Waals surface area contributed by atoms with E-state index in [2.05, 4.69) is 28.3 Å². The number of aromatic nitrogens is 2. The summed E-state index contributed by atoms with van der Waals surface area (Å²) >= 11 is 0. The van der Waals surface area contributed by atoms with E-state index in [1.165, 1.54) is 37.2 Å². The zero-order chi connectivity index (χ0) is 17.6. The highest BCUT2D eigenvalue weighted by molar-refractivity contribution is 5.76.